The monoisotopic (exact) mass is 692 g/mol. The number of anilines is 1. The maximum absolute atomic E-state index is 13.9. The van der Waals surface area contributed by atoms with E-state index in [1.54, 1.807) is 23.2 Å². The highest BCUT2D eigenvalue weighted by Crippen LogP contribution is 2.40. The van der Waals surface area contributed by atoms with Gasteiger partial charge in [-0.3, -0.25) is 9.59 Å². The molecule has 254 valence electrons. The Labute approximate surface area is 277 Å². The number of alkyl halides is 3. The summed E-state index contributed by atoms with van der Waals surface area (Å²) >= 11 is 1.55. The van der Waals surface area contributed by atoms with Crippen LogP contribution in [0.15, 0.2) is 53.4 Å². The van der Waals surface area contributed by atoms with Crippen LogP contribution in [-0.2, 0) is 44.5 Å². The third-order valence-electron chi connectivity index (χ3n) is 8.61. The Hall–Kier alpha value is -3.62. The number of carbonyl (C=O) groups is 2. The number of nitrogens with zero attached hydrogens (tertiary/aromatic N) is 3. The molecule has 0 saturated carbocycles. The summed E-state index contributed by atoms with van der Waals surface area (Å²) in [6.45, 7) is 11.5. The number of thiophene rings is 1. The van der Waals surface area contributed by atoms with Gasteiger partial charge in [0.25, 0.3) is 0 Å². The first-order chi connectivity index (χ1) is 21.9. The second-order valence-electron chi connectivity index (χ2n) is 12.9. The summed E-state index contributed by atoms with van der Waals surface area (Å²) < 4.78 is 70.9. The lowest BCUT2D eigenvalue weighted by Gasteiger charge is -2.40. The molecule has 1 fully saturated rings. The Bertz CT molecular complexity index is 1730. The van der Waals surface area contributed by atoms with Gasteiger partial charge in [0, 0.05) is 44.5 Å². The number of amides is 2. The second kappa shape index (κ2) is 13.1. The topological polar surface area (TPSA) is 99.3 Å². The van der Waals surface area contributed by atoms with E-state index in [9.17, 15) is 31.2 Å². The van der Waals surface area contributed by atoms with Crippen molar-refractivity contribution in [2.75, 3.05) is 31.1 Å². The van der Waals surface area contributed by atoms with Gasteiger partial charge in [-0.15, -0.1) is 24.5 Å². The summed E-state index contributed by atoms with van der Waals surface area (Å²) in [5, 5.41) is 3.84. The minimum Gasteiger partial charge on any atom is -0.406 e. The zero-order chi connectivity index (χ0) is 34.3. The Morgan fingerprint density at radius 3 is 2.26 bits per heavy atom. The Morgan fingerprint density at radius 2 is 1.66 bits per heavy atom. The Morgan fingerprint density at radius 1 is 1.00 bits per heavy atom. The van der Waals surface area contributed by atoms with Crippen molar-refractivity contribution < 1.29 is 35.9 Å². The lowest BCUT2D eigenvalue weighted by Crippen LogP contribution is -2.60. The normalized spacial score (nSPS) is 17.7. The molecule has 1 saturated heterocycles. The van der Waals surface area contributed by atoms with Crippen molar-refractivity contribution in [1.29, 1.82) is 0 Å². The van der Waals surface area contributed by atoms with Crippen LogP contribution in [0.5, 0.6) is 5.75 Å². The summed E-state index contributed by atoms with van der Waals surface area (Å²) in [4.78, 5) is 30.5. The zero-order valence-electron chi connectivity index (χ0n) is 27.0. The van der Waals surface area contributed by atoms with Crippen molar-refractivity contribution in [3.8, 4) is 5.75 Å². The highest BCUT2D eigenvalue weighted by Gasteiger charge is 2.41. The predicted octanol–water partition coefficient (Wildman–Crippen LogP) is 5.35. The summed E-state index contributed by atoms with van der Waals surface area (Å²) in [7, 11) is -4.29. The van der Waals surface area contributed by atoms with E-state index in [1.807, 2.05) is 36.1 Å². The van der Waals surface area contributed by atoms with Crippen molar-refractivity contribution >= 4 is 38.2 Å². The number of nitrogens with one attached hydrogen (secondary N) is 1. The van der Waals surface area contributed by atoms with Crippen molar-refractivity contribution in [3.05, 3.63) is 75.7 Å². The molecule has 2 aliphatic rings. The molecular weight excluding hydrogens is 654 g/mol. The van der Waals surface area contributed by atoms with Gasteiger partial charge >= 0.3 is 6.36 Å². The van der Waals surface area contributed by atoms with E-state index in [-0.39, 0.29) is 35.9 Å². The molecule has 3 aromatic rings. The van der Waals surface area contributed by atoms with Crippen LogP contribution in [0.25, 0.3) is 0 Å². The van der Waals surface area contributed by atoms with Crippen LogP contribution in [-0.4, -0.2) is 68.0 Å². The molecular formula is C33H39F3N4O5S2. The van der Waals surface area contributed by atoms with Gasteiger partial charge in [-0.25, -0.2) is 8.42 Å². The Kier molecular flexibility index (Phi) is 9.69. The average molecular weight is 693 g/mol. The average Bonchev–Trinajstić information content (AvgIpc) is 3.34. The fraction of sp³-hybridized carbons (Fsp3) is 0.455. The van der Waals surface area contributed by atoms with E-state index in [1.165, 1.54) is 5.56 Å². The molecule has 0 unspecified atom stereocenters. The standard InChI is InChI=1S/C33H39F3N4O5S2/c1-21-27-14-15-38(22(2)41)20-29(27)46-31(21)39-16-17-40(47(43,44)26-12-10-25(11-13-26)45-33(34,35)36)28(19-39)30(42)37-18-23-6-8-24(9-7-23)32(3,4)5/h6-13,28H,14-20H2,1-5H3,(H,37,42)/t28-/m1/s1. The molecule has 3 heterocycles. The van der Waals surface area contributed by atoms with Gasteiger partial charge in [-0.2, -0.15) is 4.31 Å². The molecule has 0 aliphatic carbocycles. The molecule has 5 rings (SSSR count). The molecule has 2 amide bonds. The number of benzene rings is 2. The van der Waals surface area contributed by atoms with Gasteiger partial charge < -0.3 is 19.9 Å². The van der Waals surface area contributed by atoms with Gasteiger partial charge in [-0.1, -0.05) is 45.0 Å². The first kappa shape index (κ1) is 34.7. The number of sulfonamides is 1. The number of hydrogen-bond donors (Lipinski definition) is 1. The maximum Gasteiger partial charge on any atom is 0.573 e. The lowest BCUT2D eigenvalue weighted by molar-refractivity contribution is -0.274. The highest BCUT2D eigenvalue weighted by molar-refractivity contribution is 7.89. The van der Waals surface area contributed by atoms with Crippen LogP contribution in [0.3, 0.4) is 0 Å². The molecule has 2 aromatic carbocycles. The smallest absolute Gasteiger partial charge is 0.406 e. The third-order valence-corrected chi connectivity index (χ3v) is 11.9. The molecule has 0 bridgehead atoms. The number of ether oxygens (including phenoxy) is 1. The molecule has 14 heteroatoms. The molecule has 0 spiro atoms. The molecule has 2 aliphatic heterocycles. The molecule has 47 heavy (non-hydrogen) atoms. The van der Waals surface area contributed by atoms with E-state index in [0.717, 1.165) is 61.6 Å². The molecule has 1 aromatic heterocycles. The maximum atomic E-state index is 13.9. The summed E-state index contributed by atoms with van der Waals surface area (Å²) in [6.07, 6.45) is -4.20. The first-order valence-corrected chi connectivity index (χ1v) is 17.6. The van der Waals surface area contributed by atoms with E-state index < -0.39 is 34.1 Å². The fourth-order valence-electron chi connectivity index (χ4n) is 5.95. The van der Waals surface area contributed by atoms with Crippen molar-refractivity contribution in [2.24, 2.45) is 0 Å². The minimum atomic E-state index is -4.92. The van der Waals surface area contributed by atoms with E-state index in [4.69, 9.17) is 0 Å². The van der Waals surface area contributed by atoms with Crippen molar-refractivity contribution in [3.63, 3.8) is 0 Å². The number of fused-ring (bicyclic) bond motifs is 1. The second-order valence-corrected chi connectivity index (χ2v) is 15.9. The first-order valence-electron chi connectivity index (χ1n) is 15.3. The van der Waals surface area contributed by atoms with Gasteiger partial charge in [0.1, 0.15) is 11.8 Å². The van der Waals surface area contributed by atoms with Gasteiger partial charge in [0.05, 0.1) is 16.4 Å². The quantitative estimate of drug-likeness (QED) is 0.359. The number of carbonyl (C=O) groups excluding carboxylic acids is 2. The fourth-order valence-corrected chi connectivity index (χ4v) is 8.92. The van der Waals surface area contributed by atoms with Crippen LogP contribution in [0.4, 0.5) is 18.2 Å². The number of hydrogen-bond acceptors (Lipinski definition) is 7. The number of piperazine rings is 1. The van der Waals surface area contributed by atoms with Crippen LogP contribution in [0.2, 0.25) is 0 Å². The third kappa shape index (κ3) is 7.76. The van der Waals surface area contributed by atoms with Crippen LogP contribution in [0.1, 0.15) is 54.8 Å². The number of halogens is 3. The molecule has 1 atom stereocenters. The van der Waals surface area contributed by atoms with Crippen LogP contribution < -0.4 is 15.0 Å². The minimum absolute atomic E-state index is 0.00450. The molecule has 0 radical (unpaired) electrons. The zero-order valence-corrected chi connectivity index (χ0v) is 28.6. The highest BCUT2D eigenvalue weighted by atomic mass is 32.2. The summed E-state index contributed by atoms with van der Waals surface area (Å²) in [5.41, 5.74) is 4.19. The van der Waals surface area contributed by atoms with E-state index in [0.29, 0.717) is 19.6 Å². The van der Waals surface area contributed by atoms with Crippen LogP contribution >= 0.6 is 11.3 Å². The molecule has 9 nitrogen and oxygen atoms in total. The predicted molar refractivity (Wildman–Crippen MR) is 174 cm³/mol. The van der Waals surface area contributed by atoms with Crippen LogP contribution in [0, 0.1) is 6.92 Å². The van der Waals surface area contributed by atoms with Crippen molar-refractivity contribution in [2.45, 2.75) is 76.8 Å². The van der Waals surface area contributed by atoms with E-state index >= 15 is 0 Å². The van der Waals surface area contributed by atoms with E-state index in [2.05, 4.69) is 30.8 Å². The lowest BCUT2D eigenvalue weighted by atomic mass is 9.87. The van der Waals surface area contributed by atoms with Crippen molar-refractivity contribution in [1.82, 2.24) is 14.5 Å². The Balaban J connectivity index is 1.41. The largest absolute Gasteiger partial charge is 0.573 e. The SMILES string of the molecule is CC(=O)N1CCc2c(sc(N3CCN(S(=O)(=O)c4ccc(OC(F)(F)F)cc4)[C@@H](C(=O)NCc4ccc(C(C)(C)C)cc4)C3)c2C)C1. The van der Waals surface area contributed by atoms with Gasteiger partial charge in [0.2, 0.25) is 21.8 Å². The molecule has 1 N–H and O–H groups in total. The summed E-state index contributed by atoms with van der Waals surface area (Å²) in [6, 6.07) is 10.7. The number of rotatable bonds is 7. The van der Waals surface area contributed by atoms with Gasteiger partial charge in [-0.05, 0) is 65.3 Å². The summed E-state index contributed by atoms with van der Waals surface area (Å²) in [5.74, 6) is -1.03. The van der Waals surface area contributed by atoms with Gasteiger partial charge in [0.15, 0.2) is 0 Å².